The molecule has 1 fully saturated rings. The summed E-state index contributed by atoms with van der Waals surface area (Å²) in [7, 11) is 1.77. The van der Waals surface area contributed by atoms with E-state index in [1.54, 1.807) is 32.7 Å². The highest BCUT2D eigenvalue weighted by Crippen LogP contribution is 2.08. The van der Waals surface area contributed by atoms with Crippen LogP contribution in [0.15, 0.2) is 0 Å². The van der Waals surface area contributed by atoms with Gasteiger partial charge in [0.25, 0.3) is 0 Å². The molecule has 0 radical (unpaired) electrons. The summed E-state index contributed by atoms with van der Waals surface area (Å²) >= 11 is 0. The molecule has 0 unspecified atom stereocenters. The zero-order chi connectivity index (χ0) is 15.9. The van der Waals surface area contributed by atoms with E-state index in [9.17, 15) is 9.59 Å². The maximum atomic E-state index is 11.9. The molecule has 1 heterocycles. The fourth-order valence-corrected chi connectivity index (χ4v) is 2.26. The highest BCUT2D eigenvalue weighted by atomic mass is 16.6. The standard InChI is InChI=1S/C15H29N3O3/c1-15(2,3)21-14(20)16-12-13(19)17(4)8-7-11-18-9-5-6-10-18/h5-12H2,1-4H3,(H,16,20). The number of nitrogens with one attached hydrogen (secondary N) is 1. The van der Waals surface area contributed by atoms with E-state index in [1.165, 1.54) is 25.9 Å². The van der Waals surface area contributed by atoms with Gasteiger partial charge in [-0.2, -0.15) is 0 Å². The van der Waals surface area contributed by atoms with Crippen molar-refractivity contribution in [3.05, 3.63) is 0 Å². The predicted molar refractivity (Wildman–Crippen MR) is 82.2 cm³/mol. The van der Waals surface area contributed by atoms with Crippen molar-refractivity contribution in [1.82, 2.24) is 15.1 Å². The van der Waals surface area contributed by atoms with Gasteiger partial charge < -0.3 is 19.9 Å². The molecule has 0 aromatic rings. The van der Waals surface area contributed by atoms with E-state index >= 15 is 0 Å². The second-order valence-corrected chi connectivity index (χ2v) is 6.57. The van der Waals surface area contributed by atoms with Gasteiger partial charge in [0.05, 0.1) is 0 Å². The summed E-state index contributed by atoms with van der Waals surface area (Å²) in [6, 6.07) is 0. The SMILES string of the molecule is CN(CCCN1CCCC1)C(=O)CNC(=O)OC(C)(C)C. The minimum atomic E-state index is -0.554. The van der Waals surface area contributed by atoms with Crippen molar-refractivity contribution in [3.63, 3.8) is 0 Å². The zero-order valence-corrected chi connectivity index (χ0v) is 13.8. The Hall–Kier alpha value is -1.30. The summed E-state index contributed by atoms with van der Waals surface area (Å²) in [6.07, 6.45) is 2.99. The quantitative estimate of drug-likeness (QED) is 0.806. The Balaban J connectivity index is 2.14. The van der Waals surface area contributed by atoms with Crippen LogP contribution in [0.3, 0.4) is 0 Å². The molecule has 1 aliphatic rings. The molecule has 0 aliphatic carbocycles. The molecule has 1 saturated heterocycles. The molecule has 6 nitrogen and oxygen atoms in total. The second-order valence-electron chi connectivity index (χ2n) is 6.57. The third-order valence-corrected chi connectivity index (χ3v) is 3.38. The van der Waals surface area contributed by atoms with Crippen molar-refractivity contribution in [3.8, 4) is 0 Å². The van der Waals surface area contributed by atoms with Crippen LogP contribution in [0.2, 0.25) is 0 Å². The molecule has 1 N–H and O–H groups in total. The molecule has 122 valence electrons. The normalized spacial score (nSPS) is 15.8. The molecule has 0 aromatic carbocycles. The summed E-state index contributed by atoms with van der Waals surface area (Å²) in [4.78, 5) is 27.4. The maximum Gasteiger partial charge on any atom is 0.408 e. The van der Waals surface area contributed by atoms with Crippen molar-refractivity contribution >= 4 is 12.0 Å². The van der Waals surface area contributed by atoms with Crippen LogP contribution in [-0.4, -0.2) is 67.2 Å². The van der Waals surface area contributed by atoms with Crippen molar-refractivity contribution in [2.24, 2.45) is 0 Å². The average molecular weight is 299 g/mol. The number of likely N-dealkylation sites (tertiary alicyclic amines) is 1. The van der Waals surface area contributed by atoms with Gasteiger partial charge in [-0.15, -0.1) is 0 Å². The van der Waals surface area contributed by atoms with Crippen LogP contribution in [0.4, 0.5) is 4.79 Å². The highest BCUT2D eigenvalue weighted by molar-refractivity contribution is 5.82. The molecule has 6 heteroatoms. The number of hydrogen-bond donors (Lipinski definition) is 1. The van der Waals surface area contributed by atoms with Gasteiger partial charge in [0, 0.05) is 13.6 Å². The minimum absolute atomic E-state index is 0.0187. The summed E-state index contributed by atoms with van der Waals surface area (Å²) in [5.41, 5.74) is -0.547. The lowest BCUT2D eigenvalue weighted by Crippen LogP contribution is -2.41. The first-order valence-corrected chi connectivity index (χ1v) is 7.71. The van der Waals surface area contributed by atoms with E-state index in [2.05, 4.69) is 10.2 Å². The largest absolute Gasteiger partial charge is 0.444 e. The van der Waals surface area contributed by atoms with Crippen LogP contribution in [0.1, 0.15) is 40.0 Å². The Morgan fingerprint density at radius 2 is 1.86 bits per heavy atom. The number of carbonyl (C=O) groups is 2. The van der Waals surface area contributed by atoms with Crippen molar-refractivity contribution in [2.75, 3.05) is 39.8 Å². The van der Waals surface area contributed by atoms with Crippen LogP contribution in [0, 0.1) is 0 Å². The van der Waals surface area contributed by atoms with E-state index in [1.807, 2.05) is 0 Å². The van der Waals surface area contributed by atoms with E-state index in [0.29, 0.717) is 6.54 Å². The molecule has 0 spiro atoms. The van der Waals surface area contributed by atoms with Crippen LogP contribution < -0.4 is 5.32 Å². The Kier molecular flexibility index (Phi) is 6.95. The van der Waals surface area contributed by atoms with Crippen LogP contribution in [0.5, 0.6) is 0 Å². The fraction of sp³-hybridized carbons (Fsp3) is 0.867. The molecule has 21 heavy (non-hydrogen) atoms. The smallest absolute Gasteiger partial charge is 0.408 e. The van der Waals surface area contributed by atoms with E-state index in [-0.39, 0.29) is 12.5 Å². The summed E-state index contributed by atoms with van der Waals surface area (Å²) < 4.78 is 5.09. The van der Waals surface area contributed by atoms with Crippen LogP contribution in [-0.2, 0) is 9.53 Å². The summed E-state index contributed by atoms with van der Waals surface area (Å²) in [5.74, 6) is -0.0951. The monoisotopic (exact) mass is 299 g/mol. The third-order valence-electron chi connectivity index (χ3n) is 3.38. The van der Waals surface area contributed by atoms with Gasteiger partial charge in [0.1, 0.15) is 12.1 Å². The fourth-order valence-electron chi connectivity index (χ4n) is 2.26. The van der Waals surface area contributed by atoms with Gasteiger partial charge in [0.2, 0.25) is 5.91 Å². The minimum Gasteiger partial charge on any atom is -0.444 e. The van der Waals surface area contributed by atoms with Gasteiger partial charge in [-0.1, -0.05) is 0 Å². The van der Waals surface area contributed by atoms with Gasteiger partial charge in [-0.3, -0.25) is 4.79 Å². The topological polar surface area (TPSA) is 61.9 Å². The van der Waals surface area contributed by atoms with E-state index in [4.69, 9.17) is 4.74 Å². The molecule has 0 bridgehead atoms. The molecule has 0 saturated carbocycles. The van der Waals surface area contributed by atoms with Gasteiger partial charge in [0.15, 0.2) is 0 Å². The molecule has 1 aliphatic heterocycles. The maximum absolute atomic E-state index is 11.9. The number of alkyl carbamates (subject to hydrolysis) is 1. The number of hydrogen-bond acceptors (Lipinski definition) is 4. The van der Waals surface area contributed by atoms with Crippen molar-refractivity contribution < 1.29 is 14.3 Å². The summed E-state index contributed by atoms with van der Waals surface area (Å²) in [6.45, 7) is 9.46. The van der Waals surface area contributed by atoms with E-state index < -0.39 is 11.7 Å². The Morgan fingerprint density at radius 3 is 2.43 bits per heavy atom. The van der Waals surface area contributed by atoms with E-state index in [0.717, 1.165) is 13.0 Å². The predicted octanol–water partition coefficient (Wildman–Crippen LogP) is 1.46. The average Bonchev–Trinajstić information content (AvgIpc) is 2.86. The molecule has 2 amide bonds. The van der Waals surface area contributed by atoms with Crippen LogP contribution in [0.25, 0.3) is 0 Å². The molecule has 0 aromatic heterocycles. The van der Waals surface area contributed by atoms with Gasteiger partial charge in [-0.25, -0.2) is 4.79 Å². The Morgan fingerprint density at radius 1 is 1.24 bits per heavy atom. The first kappa shape index (κ1) is 17.8. The number of carbonyl (C=O) groups excluding carboxylic acids is 2. The number of rotatable bonds is 6. The summed E-state index contributed by atoms with van der Waals surface area (Å²) in [5, 5.41) is 2.49. The lowest BCUT2D eigenvalue weighted by molar-refractivity contribution is -0.129. The number of nitrogens with zero attached hydrogens (tertiary/aromatic N) is 2. The second kappa shape index (κ2) is 8.22. The first-order valence-electron chi connectivity index (χ1n) is 7.71. The lowest BCUT2D eigenvalue weighted by atomic mass is 10.2. The third kappa shape index (κ3) is 7.90. The first-order chi connectivity index (χ1) is 9.78. The molecule has 1 rings (SSSR count). The highest BCUT2D eigenvalue weighted by Gasteiger charge is 2.18. The molecular formula is C15H29N3O3. The zero-order valence-electron chi connectivity index (χ0n) is 13.8. The van der Waals surface area contributed by atoms with Gasteiger partial charge >= 0.3 is 6.09 Å². The molecular weight excluding hydrogens is 270 g/mol. The van der Waals surface area contributed by atoms with Crippen LogP contribution >= 0.6 is 0 Å². The number of amides is 2. The number of ether oxygens (including phenoxy) is 1. The Bertz CT molecular complexity index is 347. The number of likely N-dealkylation sites (N-methyl/N-ethyl adjacent to an activating group) is 1. The van der Waals surface area contributed by atoms with Gasteiger partial charge in [-0.05, 0) is 59.7 Å². The van der Waals surface area contributed by atoms with Crippen molar-refractivity contribution in [1.29, 1.82) is 0 Å². The lowest BCUT2D eigenvalue weighted by Gasteiger charge is -2.22. The Labute approximate surface area is 127 Å². The molecule has 0 atom stereocenters. The van der Waals surface area contributed by atoms with Crippen molar-refractivity contribution in [2.45, 2.75) is 45.6 Å².